The molecular weight excluding hydrogens is 160 g/mol. The second-order valence-electron chi connectivity index (χ2n) is 2.95. The Morgan fingerprint density at radius 3 is 2.62 bits per heavy atom. The molecule has 0 radical (unpaired) electrons. The van der Waals surface area contributed by atoms with Crippen molar-refractivity contribution in [3.8, 4) is 0 Å². The monoisotopic (exact) mass is 176 g/mol. The Hall–Kier alpha value is -1.28. The molecule has 13 heavy (non-hydrogen) atoms. The Bertz CT molecular complexity index is 254. The van der Waals surface area contributed by atoms with Gasteiger partial charge in [0.15, 0.2) is 0 Å². The maximum Gasteiger partial charge on any atom is 0.0585 e. The lowest BCUT2D eigenvalue weighted by Gasteiger charge is -2.12. The van der Waals surface area contributed by atoms with E-state index >= 15 is 0 Å². The SMILES string of the molecule is CCC=CN(N)Cc1ccccc1. The van der Waals surface area contributed by atoms with Crippen LogP contribution in [0.15, 0.2) is 42.6 Å². The van der Waals surface area contributed by atoms with Crippen LogP contribution in [0.25, 0.3) is 0 Å². The average molecular weight is 176 g/mol. The number of nitrogens with two attached hydrogens (primary N) is 1. The fourth-order valence-electron chi connectivity index (χ4n) is 1.09. The van der Waals surface area contributed by atoms with Gasteiger partial charge in [0.2, 0.25) is 0 Å². The van der Waals surface area contributed by atoms with Gasteiger partial charge in [-0.05, 0) is 12.0 Å². The highest BCUT2D eigenvalue weighted by atomic mass is 15.4. The van der Waals surface area contributed by atoms with Gasteiger partial charge in [0.05, 0.1) is 6.54 Å². The molecule has 0 aromatic heterocycles. The first-order chi connectivity index (χ1) is 6.33. The third-order valence-electron chi connectivity index (χ3n) is 1.74. The summed E-state index contributed by atoms with van der Waals surface area (Å²) in [5, 5.41) is 1.69. The molecule has 0 heterocycles. The number of hydrogen-bond acceptors (Lipinski definition) is 2. The Morgan fingerprint density at radius 2 is 2.00 bits per heavy atom. The van der Waals surface area contributed by atoms with E-state index in [0.717, 1.165) is 13.0 Å². The van der Waals surface area contributed by atoms with Crippen molar-refractivity contribution in [1.82, 2.24) is 5.01 Å². The second kappa shape index (κ2) is 5.38. The lowest BCUT2D eigenvalue weighted by atomic mass is 10.2. The Balaban J connectivity index is 2.45. The zero-order chi connectivity index (χ0) is 9.52. The van der Waals surface area contributed by atoms with Gasteiger partial charge >= 0.3 is 0 Å². The predicted octanol–water partition coefficient (Wildman–Crippen LogP) is 2.29. The first-order valence-electron chi connectivity index (χ1n) is 4.55. The maximum absolute atomic E-state index is 5.74. The second-order valence-corrected chi connectivity index (χ2v) is 2.95. The molecule has 0 aliphatic heterocycles. The number of rotatable bonds is 4. The van der Waals surface area contributed by atoms with Gasteiger partial charge in [-0.25, -0.2) is 5.84 Å². The van der Waals surface area contributed by atoms with Crippen LogP contribution in [0.1, 0.15) is 18.9 Å². The minimum absolute atomic E-state index is 0.761. The summed E-state index contributed by atoms with van der Waals surface area (Å²) in [5.41, 5.74) is 1.23. The Morgan fingerprint density at radius 1 is 1.31 bits per heavy atom. The molecule has 70 valence electrons. The van der Waals surface area contributed by atoms with Crippen LogP contribution >= 0.6 is 0 Å². The fourth-order valence-corrected chi connectivity index (χ4v) is 1.09. The Labute approximate surface area is 79.6 Å². The molecule has 0 unspecified atom stereocenters. The van der Waals surface area contributed by atoms with Crippen molar-refractivity contribution in [3.05, 3.63) is 48.2 Å². The van der Waals surface area contributed by atoms with E-state index in [1.807, 2.05) is 30.5 Å². The molecule has 0 aliphatic carbocycles. The molecule has 2 N–H and O–H groups in total. The van der Waals surface area contributed by atoms with E-state index in [-0.39, 0.29) is 0 Å². The quantitative estimate of drug-likeness (QED) is 0.563. The van der Waals surface area contributed by atoms with Gasteiger partial charge < -0.3 is 5.01 Å². The molecule has 0 bridgehead atoms. The molecule has 0 saturated carbocycles. The summed E-state index contributed by atoms with van der Waals surface area (Å²) in [4.78, 5) is 0. The summed E-state index contributed by atoms with van der Waals surface area (Å²) in [6, 6.07) is 10.2. The first kappa shape index (κ1) is 9.81. The van der Waals surface area contributed by atoms with Crippen LogP contribution in [0.2, 0.25) is 0 Å². The third-order valence-corrected chi connectivity index (χ3v) is 1.74. The molecule has 2 heteroatoms. The first-order valence-corrected chi connectivity index (χ1v) is 4.55. The van der Waals surface area contributed by atoms with E-state index in [2.05, 4.69) is 19.1 Å². The molecule has 1 rings (SSSR count). The van der Waals surface area contributed by atoms with Crippen molar-refractivity contribution in [2.75, 3.05) is 0 Å². The molecular formula is C11H16N2. The average Bonchev–Trinajstić information content (AvgIpc) is 2.16. The van der Waals surface area contributed by atoms with Gasteiger partial charge in [-0.3, -0.25) is 0 Å². The van der Waals surface area contributed by atoms with E-state index in [4.69, 9.17) is 5.84 Å². The molecule has 0 aliphatic rings. The summed E-state index contributed by atoms with van der Waals surface area (Å²) >= 11 is 0. The fraction of sp³-hybridized carbons (Fsp3) is 0.273. The van der Waals surface area contributed by atoms with Crippen molar-refractivity contribution >= 4 is 0 Å². The minimum atomic E-state index is 0.761. The highest BCUT2D eigenvalue weighted by Crippen LogP contribution is 2.01. The van der Waals surface area contributed by atoms with Crippen molar-refractivity contribution in [1.29, 1.82) is 0 Å². The van der Waals surface area contributed by atoms with Gasteiger partial charge in [-0.2, -0.15) is 0 Å². The summed E-state index contributed by atoms with van der Waals surface area (Å²) < 4.78 is 0. The van der Waals surface area contributed by atoms with Crippen LogP contribution in [0.4, 0.5) is 0 Å². The van der Waals surface area contributed by atoms with Gasteiger partial charge in [0, 0.05) is 6.20 Å². The van der Waals surface area contributed by atoms with Crippen molar-refractivity contribution in [2.45, 2.75) is 19.9 Å². The zero-order valence-corrected chi connectivity index (χ0v) is 7.98. The smallest absolute Gasteiger partial charge is 0.0585 e. The highest BCUT2D eigenvalue weighted by molar-refractivity contribution is 5.14. The van der Waals surface area contributed by atoms with Gasteiger partial charge in [-0.15, -0.1) is 0 Å². The number of nitrogens with zero attached hydrogens (tertiary/aromatic N) is 1. The Kier molecular flexibility index (Phi) is 4.06. The molecule has 0 amide bonds. The van der Waals surface area contributed by atoms with Crippen LogP contribution in [0, 0.1) is 0 Å². The van der Waals surface area contributed by atoms with E-state index in [1.165, 1.54) is 5.56 Å². The largest absolute Gasteiger partial charge is 0.314 e. The maximum atomic E-state index is 5.74. The normalized spacial score (nSPS) is 10.6. The molecule has 1 aromatic carbocycles. The summed E-state index contributed by atoms with van der Waals surface area (Å²) in [6.07, 6.45) is 4.97. The van der Waals surface area contributed by atoms with Gasteiger partial charge in [0.1, 0.15) is 0 Å². The lowest BCUT2D eigenvalue weighted by molar-refractivity contribution is 0.386. The molecule has 0 saturated heterocycles. The summed E-state index contributed by atoms with van der Waals surface area (Å²) in [7, 11) is 0. The van der Waals surface area contributed by atoms with Crippen LogP contribution in [0.5, 0.6) is 0 Å². The molecule has 0 atom stereocenters. The number of allylic oxidation sites excluding steroid dienone is 1. The lowest BCUT2D eigenvalue weighted by Crippen LogP contribution is -2.23. The zero-order valence-electron chi connectivity index (χ0n) is 7.98. The summed E-state index contributed by atoms with van der Waals surface area (Å²) in [5.74, 6) is 5.74. The van der Waals surface area contributed by atoms with Crippen molar-refractivity contribution in [3.63, 3.8) is 0 Å². The van der Waals surface area contributed by atoms with Gasteiger partial charge in [0.25, 0.3) is 0 Å². The standard InChI is InChI=1S/C11H16N2/c1-2-3-9-13(12)10-11-7-5-4-6-8-11/h3-9H,2,10,12H2,1H3. The van der Waals surface area contributed by atoms with Gasteiger partial charge in [-0.1, -0.05) is 43.3 Å². The van der Waals surface area contributed by atoms with E-state index < -0.39 is 0 Å². The van der Waals surface area contributed by atoms with Crippen LogP contribution in [0.3, 0.4) is 0 Å². The van der Waals surface area contributed by atoms with E-state index in [1.54, 1.807) is 5.01 Å². The van der Waals surface area contributed by atoms with Crippen LogP contribution < -0.4 is 5.84 Å². The van der Waals surface area contributed by atoms with Crippen LogP contribution in [-0.4, -0.2) is 5.01 Å². The van der Waals surface area contributed by atoms with E-state index in [0.29, 0.717) is 0 Å². The van der Waals surface area contributed by atoms with E-state index in [9.17, 15) is 0 Å². The van der Waals surface area contributed by atoms with Crippen LogP contribution in [-0.2, 0) is 6.54 Å². The number of benzene rings is 1. The molecule has 0 spiro atoms. The molecule has 2 nitrogen and oxygen atoms in total. The molecule has 1 aromatic rings. The van der Waals surface area contributed by atoms with Crippen molar-refractivity contribution < 1.29 is 0 Å². The van der Waals surface area contributed by atoms with Crippen molar-refractivity contribution in [2.24, 2.45) is 5.84 Å². The topological polar surface area (TPSA) is 29.3 Å². The number of hydrazine groups is 1. The molecule has 0 fully saturated rings. The minimum Gasteiger partial charge on any atom is -0.314 e. The predicted molar refractivity (Wildman–Crippen MR) is 55.6 cm³/mol. The number of hydrogen-bond donors (Lipinski definition) is 1. The highest BCUT2D eigenvalue weighted by Gasteiger charge is 1.93. The third kappa shape index (κ3) is 3.76. The summed E-state index contributed by atoms with van der Waals surface area (Å²) in [6.45, 7) is 2.85.